The van der Waals surface area contributed by atoms with Crippen molar-refractivity contribution < 1.29 is 14.6 Å². The largest absolute Gasteiger partial charge is 0.382 e. The highest BCUT2D eigenvalue weighted by Gasteiger charge is 2.23. The maximum atomic E-state index is 9.80. The van der Waals surface area contributed by atoms with Gasteiger partial charge in [0.15, 0.2) is 6.29 Å². The summed E-state index contributed by atoms with van der Waals surface area (Å²) in [5.74, 6) is 0. The van der Waals surface area contributed by atoms with Gasteiger partial charge >= 0.3 is 0 Å². The van der Waals surface area contributed by atoms with Crippen molar-refractivity contribution in [1.29, 1.82) is 5.26 Å². The molecule has 4 nitrogen and oxygen atoms in total. The van der Waals surface area contributed by atoms with Gasteiger partial charge in [0.1, 0.15) is 6.10 Å². The number of aliphatic hydroxyl groups is 1. The van der Waals surface area contributed by atoms with Crippen molar-refractivity contribution in [2.45, 2.75) is 51.9 Å². The van der Waals surface area contributed by atoms with E-state index in [4.69, 9.17) is 14.7 Å². The van der Waals surface area contributed by atoms with Gasteiger partial charge in [-0.05, 0) is 12.8 Å². The van der Waals surface area contributed by atoms with E-state index in [9.17, 15) is 5.11 Å². The smallest absolute Gasteiger partial charge is 0.188 e. The van der Waals surface area contributed by atoms with Crippen LogP contribution in [-0.4, -0.2) is 30.7 Å². The molecule has 0 aliphatic heterocycles. The summed E-state index contributed by atoms with van der Waals surface area (Å²) in [6, 6.07) is 1.82. The molecule has 1 N–H and O–H groups in total. The van der Waals surface area contributed by atoms with Crippen molar-refractivity contribution >= 4 is 0 Å². The lowest BCUT2D eigenvalue weighted by molar-refractivity contribution is -0.184. The van der Waals surface area contributed by atoms with Crippen LogP contribution in [0.25, 0.3) is 0 Å². The summed E-state index contributed by atoms with van der Waals surface area (Å²) in [6.07, 6.45) is 1.97. The van der Waals surface area contributed by atoms with E-state index >= 15 is 0 Å². The molecule has 0 aromatic rings. The van der Waals surface area contributed by atoms with E-state index in [1.807, 2.05) is 6.07 Å². The van der Waals surface area contributed by atoms with Crippen LogP contribution in [0.3, 0.4) is 0 Å². The first-order valence-corrected chi connectivity index (χ1v) is 6.17. The van der Waals surface area contributed by atoms with Crippen molar-refractivity contribution in [3.05, 3.63) is 12.2 Å². The van der Waals surface area contributed by atoms with Crippen LogP contribution in [0.5, 0.6) is 0 Å². The number of hydrogen-bond donors (Lipinski definition) is 1. The fourth-order valence-electron chi connectivity index (χ4n) is 1.15. The molecular formula is C13H23NO3. The third kappa shape index (κ3) is 7.11. The van der Waals surface area contributed by atoms with E-state index < -0.39 is 12.4 Å². The zero-order chi connectivity index (χ0) is 13.1. The van der Waals surface area contributed by atoms with Gasteiger partial charge in [0, 0.05) is 13.2 Å². The summed E-state index contributed by atoms with van der Waals surface area (Å²) in [5.41, 5.74) is 0.0722. The van der Waals surface area contributed by atoms with Crippen molar-refractivity contribution in [1.82, 2.24) is 0 Å². The van der Waals surface area contributed by atoms with Gasteiger partial charge in [-0.25, -0.2) is 0 Å². The standard InChI is InChI=1S/C13H23NO3/c1-4-6-8-16-13(17-9-7-5-2)12(15)11(3)10-14/h12-13,15H,3-9H2,1-2H3. The number of rotatable bonds is 10. The van der Waals surface area contributed by atoms with Gasteiger partial charge < -0.3 is 14.6 Å². The van der Waals surface area contributed by atoms with Gasteiger partial charge in [-0.1, -0.05) is 33.3 Å². The normalized spacial score (nSPS) is 12.4. The number of aliphatic hydroxyl groups excluding tert-OH is 1. The highest BCUT2D eigenvalue weighted by Crippen LogP contribution is 2.11. The van der Waals surface area contributed by atoms with Crippen LogP contribution in [0.4, 0.5) is 0 Å². The average molecular weight is 241 g/mol. The maximum absolute atomic E-state index is 9.80. The highest BCUT2D eigenvalue weighted by molar-refractivity contribution is 5.21. The van der Waals surface area contributed by atoms with Gasteiger partial charge in [-0.2, -0.15) is 5.26 Å². The van der Waals surface area contributed by atoms with Gasteiger partial charge in [0.05, 0.1) is 11.6 Å². The molecule has 98 valence electrons. The Kier molecular flexibility index (Phi) is 9.74. The summed E-state index contributed by atoms with van der Waals surface area (Å²) in [6.45, 7) is 8.63. The Balaban J connectivity index is 4.18. The summed E-state index contributed by atoms with van der Waals surface area (Å²) in [7, 11) is 0. The molecule has 4 heteroatoms. The monoisotopic (exact) mass is 241 g/mol. The Bertz CT molecular complexity index is 238. The Labute approximate surface area is 104 Å². The van der Waals surface area contributed by atoms with Gasteiger partial charge in [-0.15, -0.1) is 0 Å². The van der Waals surface area contributed by atoms with Crippen molar-refractivity contribution in [2.75, 3.05) is 13.2 Å². The average Bonchev–Trinajstić information content (AvgIpc) is 2.35. The molecule has 0 aromatic carbocycles. The Morgan fingerprint density at radius 2 is 1.71 bits per heavy atom. The van der Waals surface area contributed by atoms with Crippen LogP contribution in [0.15, 0.2) is 12.2 Å². The van der Waals surface area contributed by atoms with Gasteiger partial charge in [0.2, 0.25) is 0 Å². The second-order valence-electron chi connectivity index (χ2n) is 3.90. The van der Waals surface area contributed by atoms with Crippen molar-refractivity contribution in [2.24, 2.45) is 0 Å². The minimum Gasteiger partial charge on any atom is -0.382 e. The Morgan fingerprint density at radius 3 is 2.06 bits per heavy atom. The summed E-state index contributed by atoms with van der Waals surface area (Å²) in [5, 5.41) is 18.5. The Hall–Kier alpha value is -0.890. The molecule has 1 atom stereocenters. The van der Waals surface area contributed by atoms with Crippen molar-refractivity contribution in [3.8, 4) is 6.07 Å². The predicted molar refractivity (Wildman–Crippen MR) is 66.3 cm³/mol. The highest BCUT2D eigenvalue weighted by atomic mass is 16.7. The molecule has 0 amide bonds. The van der Waals surface area contributed by atoms with Crippen LogP contribution < -0.4 is 0 Å². The molecule has 1 unspecified atom stereocenters. The fraction of sp³-hybridized carbons (Fsp3) is 0.769. The van der Waals surface area contributed by atoms with Gasteiger partial charge in [-0.3, -0.25) is 0 Å². The quantitative estimate of drug-likeness (QED) is 0.362. The van der Waals surface area contributed by atoms with E-state index in [-0.39, 0.29) is 5.57 Å². The number of unbranched alkanes of at least 4 members (excludes halogenated alkanes) is 2. The molecule has 0 rings (SSSR count). The van der Waals surface area contributed by atoms with Crippen LogP contribution in [0.1, 0.15) is 39.5 Å². The number of hydrogen-bond acceptors (Lipinski definition) is 4. The first kappa shape index (κ1) is 16.1. The summed E-state index contributed by atoms with van der Waals surface area (Å²) in [4.78, 5) is 0. The number of nitriles is 1. The minimum atomic E-state index is -1.08. The summed E-state index contributed by atoms with van der Waals surface area (Å²) < 4.78 is 10.9. The number of nitrogens with zero attached hydrogens (tertiary/aromatic N) is 1. The van der Waals surface area contributed by atoms with Gasteiger partial charge in [0.25, 0.3) is 0 Å². The molecule has 0 heterocycles. The molecule has 0 radical (unpaired) electrons. The molecule has 17 heavy (non-hydrogen) atoms. The van der Waals surface area contributed by atoms with Crippen LogP contribution in [0, 0.1) is 11.3 Å². The minimum absolute atomic E-state index is 0.0722. The topological polar surface area (TPSA) is 62.5 Å². The third-order valence-corrected chi connectivity index (χ3v) is 2.32. The molecule has 0 aliphatic rings. The molecule has 0 saturated carbocycles. The summed E-state index contributed by atoms with van der Waals surface area (Å²) >= 11 is 0. The molecule has 0 bridgehead atoms. The molecular weight excluding hydrogens is 218 g/mol. The maximum Gasteiger partial charge on any atom is 0.188 e. The third-order valence-electron chi connectivity index (χ3n) is 2.32. The first-order valence-electron chi connectivity index (χ1n) is 6.17. The molecule has 0 aliphatic carbocycles. The first-order chi connectivity index (χ1) is 8.17. The van der Waals surface area contributed by atoms with Crippen LogP contribution >= 0.6 is 0 Å². The van der Waals surface area contributed by atoms with E-state index in [1.54, 1.807) is 0 Å². The predicted octanol–water partition coefficient (Wildman–Crippen LogP) is 2.39. The van der Waals surface area contributed by atoms with E-state index in [2.05, 4.69) is 20.4 Å². The second kappa shape index (κ2) is 10.3. The zero-order valence-electron chi connectivity index (χ0n) is 10.8. The number of ether oxygens (including phenoxy) is 2. The SMILES string of the molecule is C=C(C#N)C(O)C(OCCCC)OCCCC. The van der Waals surface area contributed by atoms with E-state index in [0.29, 0.717) is 13.2 Å². The lowest BCUT2D eigenvalue weighted by Gasteiger charge is -2.22. The van der Waals surface area contributed by atoms with Crippen LogP contribution in [0.2, 0.25) is 0 Å². The van der Waals surface area contributed by atoms with E-state index in [1.165, 1.54) is 0 Å². The van der Waals surface area contributed by atoms with Crippen LogP contribution in [-0.2, 0) is 9.47 Å². The van der Waals surface area contributed by atoms with E-state index in [0.717, 1.165) is 25.7 Å². The Morgan fingerprint density at radius 1 is 1.24 bits per heavy atom. The molecule has 0 aromatic heterocycles. The van der Waals surface area contributed by atoms with Crippen molar-refractivity contribution in [3.63, 3.8) is 0 Å². The lowest BCUT2D eigenvalue weighted by Crippen LogP contribution is -2.33. The molecule has 0 spiro atoms. The lowest BCUT2D eigenvalue weighted by atomic mass is 10.2. The zero-order valence-corrected chi connectivity index (χ0v) is 10.8. The molecule has 0 fully saturated rings. The second-order valence-corrected chi connectivity index (χ2v) is 3.90. The molecule has 0 saturated heterocycles. The fourth-order valence-corrected chi connectivity index (χ4v) is 1.15.